The van der Waals surface area contributed by atoms with Crippen molar-refractivity contribution in [3.8, 4) is 33.4 Å². The fraction of sp³-hybridized carbons (Fsp3) is 0.100. The molecule has 0 aliphatic heterocycles. The Morgan fingerprint density at radius 1 is 0.523 bits per heavy atom. The monoisotopic (exact) mass is 612 g/mol. The number of hydrogen-bond donors (Lipinski definition) is 1. The molecule has 0 amide bonds. The van der Waals surface area contributed by atoms with E-state index < -0.39 is 14.6 Å². The molecule has 0 aromatic heterocycles. The van der Waals surface area contributed by atoms with Gasteiger partial charge in [0.15, 0.2) is 0 Å². The second-order valence-electron chi connectivity index (χ2n) is 11.2. The summed E-state index contributed by atoms with van der Waals surface area (Å²) in [6, 6.07) is 53.4. The first kappa shape index (κ1) is 30.0. The molecule has 0 saturated heterocycles. The van der Waals surface area contributed by atoms with Crippen molar-refractivity contribution in [2.45, 2.75) is 13.8 Å². The third-order valence-electron chi connectivity index (χ3n) is 8.77. The van der Waals surface area contributed by atoms with Crippen LogP contribution in [0, 0.1) is 0 Å². The van der Waals surface area contributed by atoms with Crippen LogP contribution in [0.4, 0.5) is 0 Å². The van der Waals surface area contributed by atoms with Crippen LogP contribution < -0.4 is 21.2 Å². The van der Waals surface area contributed by atoms with Crippen molar-refractivity contribution in [1.29, 1.82) is 0 Å². The van der Waals surface area contributed by atoms with Gasteiger partial charge in [-0.2, -0.15) is 0 Å². The summed E-state index contributed by atoms with van der Waals surface area (Å²) in [5.74, 6) is 0. The Bertz CT molecular complexity index is 1900. The van der Waals surface area contributed by atoms with Crippen LogP contribution in [0.25, 0.3) is 33.4 Å². The van der Waals surface area contributed by atoms with Gasteiger partial charge in [0.2, 0.25) is 0 Å². The van der Waals surface area contributed by atoms with E-state index in [1.54, 1.807) is 0 Å². The molecule has 0 heterocycles. The maximum atomic E-state index is 15.0. The Balaban J connectivity index is 1.43. The zero-order valence-electron chi connectivity index (χ0n) is 25.2. The van der Waals surface area contributed by atoms with Gasteiger partial charge in [0.05, 0.1) is 0 Å². The van der Waals surface area contributed by atoms with E-state index >= 15 is 4.57 Å². The van der Waals surface area contributed by atoms with Crippen LogP contribution in [0.5, 0.6) is 0 Å². The van der Waals surface area contributed by atoms with E-state index in [4.69, 9.17) is 0 Å². The molecule has 1 N–H and O–H groups in total. The Morgan fingerprint density at radius 3 is 1.52 bits per heavy atom. The fourth-order valence-electron chi connectivity index (χ4n) is 6.23. The molecule has 1 unspecified atom stereocenters. The van der Waals surface area contributed by atoms with Crippen LogP contribution in [-0.4, -0.2) is 17.2 Å². The fourth-order valence-corrected chi connectivity index (χ4v) is 11.6. The van der Waals surface area contributed by atoms with Gasteiger partial charge in [-0.15, -0.1) is 0 Å². The van der Waals surface area contributed by atoms with Gasteiger partial charge in [0.25, 0.3) is 0 Å². The second-order valence-corrected chi connectivity index (χ2v) is 17.8. The van der Waals surface area contributed by atoms with Crippen LogP contribution >= 0.6 is 14.6 Å². The van der Waals surface area contributed by atoms with Gasteiger partial charge >= 0.3 is 257 Å². The number of hydrogen-bond acceptors (Lipinski definition) is 2. The van der Waals surface area contributed by atoms with Crippen molar-refractivity contribution in [2.24, 2.45) is 0 Å². The van der Waals surface area contributed by atoms with Gasteiger partial charge in [0, 0.05) is 0 Å². The van der Waals surface area contributed by atoms with E-state index in [0.29, 0.717) is 12.3 Å². The molecule has 0 saturated carbocycles. The van der Waals surface area contributed by atoms with Crippen molar-refractivity contribution in [3.05, 3.63) is 158 Å². The summed E-state index contributed by atoms with van der Waals surface area (Å²) >= 11 is 0. The van der Waals surface area contributed by atoms with Gasteiger partial charge in [-0.1, -0.05) is 6.07 Å². The first-order valence-corrected chi connectivity index (χ1v) is 19.4. The quantitative estimate of drug-likeness (QED) is 0.166. The number of rotatable bonds is 9. The molecule has 0 aliphatic carbocycles. The minimum absolute atomic E-state index is 0.507. The predicted octanol–water partition coefficient (Wildman–Crippen LogP) is 8.65. The molecule has 220 valence electrons. The molecule has 1 atom stereocenters. The van der Waals surface area contributed by atoms with Crippen LogP contribution in [0.15, 0.2) is 158 Å². The Hall–Kier alpha value is -4.06. The predicted molar refractivity (Wildman–Crippen MR) is 193 cm³/mol. The first-order valence-electron chi connectivity index (χ1n) is 15.3. The summed E-state index contributed by atoms with van der Waals surface area (Å²) in [7, 11) is -6.11. The van der Waals surface area contributed by atoms with E-state index in [1.807, 2.05) is 85.8 Å². The SMILES string of the molecule is CCP(=O)(c1ccc(-c2ccccc2)cc1)c1ccccc1-c1ccccc1[PH](O)(CC)c1ccc(-c2ccccc2)cc1. The van der Waals surface area contributed by atoms with Crippen molar-refractivity contribution in [3.63, 3.8) is 0 Å². The Morgan fingerprint density at radius 2 is 0.977 bits per heavy atom. The van der Waals surface area contributed by atoms with Crippen molar-refractivity contribution in [2.75, 3.05) is 12.3 Å². The summed E-state index contributed by atoms with van der Waals surface area (Å²) < 4.78 is 15.0. The topological polar surface area (TPSA) is 37.3 Å². The first-order chi connectivity index (χ1) is 21.5. The van der Waals surface area contributed by atoms with Crippen molar-refractivity contribution >= 4 is 35.8 Å². The van der Waals surface area contributed by atoms with Gasteiger partial charge in [-0.3, -0.25) is 0 Å². The summed E-state index contributed by atoms with van der Waals surface area (Å²) in [6.07, 6.45) is 1.14. The molecule has 0 bridgehead atoms. The van der Waals surface area contributed by atoms with Gasteiger partial charge in [-0.25, -0.2) is 0 Å². The summed E-state index contributed by atoms with van der Waals surface area (Å²) in [5.41, 5.74) is 6.42. The molecule has 6 rings (SSSR count). The Labute approximate surface area is 261 Å². The molecule has 4 heteroatoms. The van der Waals surface area contributed by atoms with E-state index in [-0.39, 0.29) is 0 Å². The van der Waals surface area contributed by atoms with Crippen LogP contribution in [-0.2, 0) is 4.57 Å². The molecule has 0 radical (unpaired) electrons. The summed E-state index contributed by atoms with van der Waals surface area (Å²) in [6.45, 7) is 4.09. The van der Waals surface area contributed by atoms with Gasteiger partial charge in [-0.05, 0) is 0 Å². The minimum atomic E-state index is -3.13. The standard InChI is InChI=1S/C40H38O2P2/c1-3-43(41,35-27-23-33(24-28-35)31-15-7-5-8-16-31)39-21-13-11-19-37(39)38-20-12-14-22-40(38)44(42,4-2)36-29-25-34(26-30-36)32-17-9-6-10-18-32/h5-30,41,43H,3-4H2,1-2H3. The van der Waals surface area contributed by atoms with E-state index in [9.17, 15) is 4.89 Å². The molecule has 0 fully saturated rings. The average molecular weight is 613 g/mol. The van der Waals surface area contributed by atoms with Crippen LogP contribution in [0.3, 0.4) is 0 Å². The van der Waals surface area contributed by atoms with E-state index in [1.165, 1.54) is 0 Å². The molecule has 6 aromatic carbocycles. The molecule has 0 aliphatic rings. The number of benzene rings is 6. The summed E-state index contributed by atoms with van der Waals surface area (Å²) in [5, 5.41) is 3.61. The zero-order valence-corrected chi connectivity index (χ0v) is 27.1. The van der Waals surface area contributed by atoms with Crippen LogP contribution in [0.1, 0.15) is 13.8 Å². The Kier molecular flexibility index (Phi) is 8.79. The second kappa shape index (κ2) is 12.9. The van der Waals surface area contributed by atoms with Crippen molar-refractivity contribution in [1.82, 2.24) is 0 Å². The van der Waals surface area contributed by atoms with E-state index in [0.717, 1.165) is 54.6 Å². The zero-order chi connectivity index (χ0) is 30.6. The maximum absolute atomic E-state index is 15.0. The molecule has 0 spiro atoms. The summed E-state index contributed by atoms with van der Waals surface area (Å²) in [4.78, 5) is 12.5. The molecule has 6 aromatic rings. The van der Waals surface area contributed by atoms with Crippen LogP contribution in [0.2, 0.25) is 0 Å². The molecular formula is C40H38O2P2. The normalized spacial score (nSPS) is 13.2. The third kappa shape index (κ3) is 5.62. The molecule has 44 heavy (non-hydrogen) atoms. The van der Waals surface area contributed by atoms with E-state index in [2.05, 4.69) is 85.8 Å². The average Bonchev–Trinajstić information content (AvgIpc) is 3.12. The molecule has 2 nitrogen and oxygen atoms in total. The molecular weight excluding hydrogens is 574 g/mol. The third-order valence-corrected chi connectivity index (χ3v) is 15.6. The van der Waals surface area contributed by atoms with Crippen molar-refractivity contribution < 1.29 is 9.46 Å². The van der Waals surface area contributed by atoms with Gasteiger partial charge in [0.1, 0.15) is 0 Å². The van der Waals surface area contributed by atoms with Gasteiger partial charge < -0.3 is 0 Å².